The minimum absolute atomic E-state index is 0.647. The van der Waals surface area contributed by atoms with Crippen LogP contribution in [0.15, 0.2) is 30.3 Å². The van der Waals surface area contributed by atoms with Gasteiger partial charge in [0.05, 0.1) is 11.4 Å². The number of hydrazine groups is 1. The molecule has 2 aromatic rings. The molecular formula is C15H20N6. The number of hydrogen-bond acceptors (Lipinski definition) is 6. The van der Waals surface area contributed by atoms with Gasteiger partial charge in [-0.3, -0.25) is 0 Å². The SMILES string of the molecule is CCc1nc(NN)cc(N2CCN(C)c3ccccc32)n1. The van der Waals surface area contributed by atoms with Crippen molar-refractivity contribution in [1.29, 1.82) is 0 Å². The van der Waals surface area contributed by atoms with Crippen molar-refractivity contribution in [2.75, 3.05) is 35.4 Å². The number of nitrogen functional groups attached to an aromatic ring is 1. The molecular weight excluding hydrogens is 264 g/mol. The molecule has 0 aliphatic carbocycles. The Morgan fingerprint density at radius 3 is 2.67 bits per heavy atom. The highest BCUT2D eigenvalue weighted by molar-refractivity contribution is 5.78. The van der Waals surface area contributed by atoms with E-state index in [-0.39, 0.29) is 0 Å². The van der Waals surface area contributed by atoms with Gasteiger partial charge in [0.2, 0.25) is 0 Å². The van der Waals surface area contributed by atoms with Crippen molar-refractivity contribution in [2.24, 2.45) is 5.84 Å². The summed E-state index contributed by atoms with van der Waals surface area (Å²) in [6.07, 6.45) is 0.776. The lowest BCUT2D eigenvalue weighted by atomic mass is 10.1. The Balaban J connectivity index is 2.07. The van der Waals surface area contributed by atoms with Crippen molar-refractivity contribution in [2.45, 2.75) is 13.3 Å². The summed E-state index contributed by atoms with van der Waals surface area (Å²) in [7, 11) is 2.11. The molecule has 1 aromatic carbocycles. The quantitative estimate of drug-likeness (QED) is 0.663. The van der Waals surface area contributed by atoms with Gasteiger partial charge in [-0.1, -0.05) is 19.1 Å². The minimum Gasteiger partial charge on any atom is -0.371 e. The lowest BCUT2D eigenvalue weighted by molar-refractivity contribution is 0.804. The van der Waals surface area contributed by atoms with Crippen molar-refractivity contribution in [3.8, 4) is 0 Å². The van der Waals surface area contributed by atoms with Gasteiger partial charge < -0.3 is 15.2 Å². The van der Waals surface area contributed by atoms with Gasteiger partial charge in [0.1, 0.15) is 17.5 Å². The van der Waals surface area contributed by atoms with Gasteiger partial charge in [-0.25, -0.2) is 15.8 Å². The number of hydrogen-bond donors (Lipinski definition) is 2. The topological polar surface area (TPSA) is 70.3 Å². The van der Waals surface area contributed by atoms with Crippen LogP contribution in [0.5, 0.6) is 0 Å². The van der Waals surface area contributed by atoms with Crippen LogP contribution in [0.25, 0.3) is 0 Å². The van der Waals surface area contributed by atoms with E-state index in [2.05, 4.69) is 56.5 Å². The molecule has 110 valence electrons. The van der Waals surface area contributed by atoms with Crippen LogP contribution in [-0.4, -0.2) is 30.1 Å². The van der Waals surface area contributed by atoms with E-state index in [0.717, 1.165) is 36.8 Å². The van der Waals surface area contributed by atoms with E-state index >= 15 is 0 Å². The fraction of sp³-hybridized carbons (Fsp3) is 0.333. The Morgan fingerprint density at radius 2 is 1.95 bits per heavy atom. The van der Waals surface area contributed by atoms with Crippen LogP contribution in [-0.2, 0) is 6.42 Å². The molecule has 0 atom stereocenters. The third-order valence-corrected chi connectivity index (χ3v) is 3.74. The number of aromatic nitrogens is 2. The lowest BCUT2D eigenvalue weighted by Crippen LogP contribution is -2.37. The zero-order valence-corrected chi connectivity index (χ0v) is 12.4. The lowest BCUT2D eigenvalue weighted by Gasteiger charge is -2.36. The van der Waals surface area contributed by atoms with Gasteiger partial charge in [-0.15, -0.1) is 0 Å². The Kier molecular flexibility index (Phi) is 3.62. The number of aryl methyl sites for hydroxylation is 1. The fourth-order valence-electron chi connectivity index (χ4n) is 2.60. The molecule has 0 saturated heterocycles. The highest BCUT2D eigenvalue weighted by atomic mass is 15.3. The molecule has 6 nitrogen and oxygen atoms in total. The number of anilines is 4. The first-order valence-corrected chi connectivity index (χ1v) is 7.15. The van der Waals surface area contributed by atoms with E-state index in [1.54, 1.807) is 0 Å². The summed E-state index contributed by atoms with van der Waals surface area (Å²) in [6.45, 7) is 3.88. The summed E-state index contributed by atoms with van der Waals surface area (Å²) in [5, 5.41) is 0. The van der Waals surface area contributed by atoms with Crippen LogP contribution in [0.1, 0.15) is 12.7 Å². The highest BCUT2D eigenvalue weighted by Crippen LogP contribution is 2.36. The number of rotatable bonds is 3. The molecule has 2 heterocycles. The van der Waals surface area contributed by atoms with Gasteiger partial charge >= 0.3 is 0 Å². The standard InChI is InChI=1S/C15H20N6/c1-3-13-17-14(19-16)10-15(18-13)21-9-8-20(2)11-6-4-5-7-12(11)21/h4-7,10H,3,8-9,16H2,1-2H3,(H,17,18,19). The maximum Gasteiger partial charge on any atom is 0.145 e. The molecule has 3 N–H and O–H groups in total. The summed E-state index contributed by atoms with van der Waals surface area (Å²) in [6, 6.07) is 10.2. The summed E-state index contributed by atoms with van der Waals surface area (Å²) in [5.74, 6) is 7.84. The average Bonchev–Trinajstić information content (AvgIpc) is 2.55. The number of benzene rings is 1. The first-order valence-electron chi connectivity index (χ1n) is 7.15. The van der Waals surface area contributed by atoms with Crippen molar-refractivity contribution < 1.29 is 0 Å². The summed E-state index contributed by atoms with van der Waals surface area (Å²) in [5.41, 5.74) is 5.00. The maximum atomic E-state index is 5.52. The summed E-state index contributed by atoms with van der Waals surface area (Å²) < 4.78 is 0. The van der Waals surface area contributed by atoms with Crippen molar-refractivity contribution >= 4 is 23.0 Å². The van der Waals surface area contributed by atoms with Gasteiger partial charge in [0.25, 0.3) is 0 Å². The zero-order chi connectivity index (χ0) is 14.8. The molecule has 0 radical (unpaired) electrons. The van der Waals surface area contributed by atoms with E-state index in [9.17, 15) is 0 Å². The monoisotopic (exact) mass is 284 g/mol. The molecule has 0 saturated carbocycles. The van der Waals surface area contributed by atoms with Crippen LogP contribution in [0.3, 0.4) is 0 Å². The van der Waals surface area contributed by atoms with Gasteiger partial charge in [0, 0.05) is 32.6 Å². The molecule has 6 heteroatoms. The Morgan fingerprint density at radius 1 is 1.19 bits per heavy atom. The van der Waals surface area contributed by atoms with E-state index in [1.807, 2.05) is 13.0 Å². The predicted octanol–water partition coefficient (Wildman–Crippen LogP) is 1.91. The van der Waals surface area contributed by atoms with Gasteiger partial charge in [0.15, 0.2) is 0 Å². The molecule has 1 aliphatic heterocycles. The Bertz CT molecular complexity index is 620. The van der Waals surface area contributed by atoms with Crippen molar-refractivity contribution in [1.82, 2.24) is 9.97 Å². The second kappa shape index (κ2) is 5.57. The predicted molar refractivity (Wildman–Crippen MR) is 85.9 cm³/mol. The van der Waals surface area contributed by atoms with Crippen molar-refractivity contribution in [3.63, 3.8) is 0 Å². The van der Waals surface area contributed by atoms with E-state index < -0.39 is 0 Å². The second-order valence-electron chi connectivity index (χ2n) is 5.09. The summed E-state index contributed by atoms with van der Waals surface area (Å²) >= 11 is 0. The van der Waals surface area contributed by atoms with Gasteiger partial charge in [-0.05, 0) is 12.1 Å². The third-order valence-electron chi connectivity index (χ3n) is 3.74. The van der Waals surface area contributed by atoms with Crippen LogP contribution >= 0.6 is 0 Å². The number of para-hydroxylation sites is 2. The first kappa shape index (κ1) is 13.6. The molecule has 21 heavy (non-hydrogen) atoms. The van der Waals surface area contributed by atoms with E-state index in [1.165, 1.54) is 5.69 Å². The number of nitrogens with two attached hydrogens (primary N) is 1. The third kappa shape index (κ3) is 2.50. The average molecular weight is 284 g/mol. The molecule has 1 aromatic heterocycles. The molecule has 0 bridgehead atoms. The second-order valence-corrected chi connectivity index (χ2v) is 5.09. The Labute approximate surface area is 124 Å². The smallest absolute Gasteiger partial charge is 0.145 e. The van der Waals surface area contributed by atoms with Crippen LogP contribution in [0, 0.1) is 0 Å². The number of likely N-dealkylation sites (N-methyl/N-ethyl adjacent to an activating group) is 1. The molecule has 3 rings (SSSR count). The van der Waals surface area contributed by atoms with Crippen LogP contribution < -0.4 is 21.1 Å². The molecule has 1 aliphatic rings. The summed E-state index contributed by atoms with van der Waals surface area (Å²) in [4.78, 5) is 13.5. The van der Waals surface area contributed by atoms with E-state index in [4.69, 9.17) is 5.84 Å². The Hall–Kier alpha value is -2.34. The van der Waals surface area contributed by atoms with Crippen LogP contribution in [0.2, 0.25) is 0 Å². The molecule has 0 spiro atoms. The minimum atomic E-state index is 0.647. The number of fused-ring (bicyclic) bond motifs is 1. The number of nitrogens with one attached hydrogen (secondary N) is 1. The number of nitrogens with zero attached hydrogens (tertiary/aromatic N) is 4. The van der Waals surface area contributed by atoms with E-state index in [0.29, 0.717) is 5.82 Å². The highest BCUT2D eigenvalue weighted by Gasteiger charge is 2.22. The van der Waals surface area contributed by atoms with Gasteiger partial charge in [-0.2, -0.15) is 0 Å². The molecule has 0 unspecified atom stereocenters. The normalized spacial score (nSPS) is 14.0. The fourth-order valence-corrected chi connectivity index (χ4v) is 2.60. The van der Waals surface area contributed by atoms with Crippen molar-refractivity contribution in [3.05, 3.63) is 36.2 Å². The molecule has 0 fully saturated rings. The largest absolute Gasteiger partial charge is 0.371 e. The zero-order valence-electron chi connectivity index (χ0n) is 12.4. The molecule has 0 amide bonds. The van der Waals surface area contributed by atoms with Crippen LogP contribution in [0.4, 0.5) is 23.0 Å². The maximum absolute atomic E-state index is 5.52. The first-order chi connectivity index (χ1) is 10.2.